The third-order valence-electron chi connectivity index (χ3n) is 4.45. The molecule has 0 atom stereocenters. The van der Waals surface area contributed by atoms with E-state index in [1.807, 2.05) is 31.7 Å². The van der Waals surface area contributed by atoms with E-state index >= 15 is 0 Å². The molecule has 0 unspecified atom stereocenters. The highest BCUT2D eigenvalue weighted by atomic mass is 32.2. The molecule has 0 saturated heterocycles. The molecular formula is C16H23N3S. The summed E-state index contributed by atoms with van der Waals surface area (Å²) in [5.74, 6) is 1.22. The molecule has 2 heterocycles. The number of aryl methyl sites for hydroxylation is 2. The SMILES string of the molecule is Cc1ccc(NC2=NCC3(CCCCC3)CS2)c(C)n1. The molecule has 1 aromatic heterocycles. The summed E-state index contributed by atoms with van der Waals surface area (Å²) in [5, 5.41) is 4.51. The number of rotatable bonds is 1. The number of hydrogen-bond acceptors (Lipinski definition) is 4. The quantitative estimate of drug-likeness (QED) is 0.843. The van der Waals surface area contributed by atoms with Crippen LogP contribution in [-0.2, 0) is 0 Å². The van der Waals surface area contributed by atoms with Gasteiger partial charge in [0.15, 0.2) is 5.17 Å². The Morgan fingerprint density at radius 2 is 1.95 bits per heavy atom. The van der Waals surface area contributed by atoms with E-state index in [4.69, 9.17) is 4.99 Å². The zero-order valence-electron chi connectivity index (χ0n) is 12.4. The topological polar surface area (TPSA) is 37.3 Å². The zero-order chi connectivity index (χ0) is 14.0. The molecule has 0 radical (unpaired) electrons. The number of nitrogens with one attached hydrogen (secondary N) is 1. The maximum Gasteiger partial charge on any atom is 0.161 e. The summed E-state index contributed by atoms with van der Waals surface area (Å²) < 4.78 is 0. The van der Waals surface area contributed by atoms with Crippen molar-refractivity contribution in [3.63, 3.8) is 0 Å². The van der Waals surface area contributed by atoms with Crippen LogP contribution in [-0.4, -0.2) is 22.4 Å². The van der Waals surface area contributed by atoms with Gasteiger partial charge < -0.3 is 5.32 Å². The van der Waals surface area contributed by atoms with Gasteiger partial charge in [-0.3, -0.25) is 9.98 Å². The first kappa shape index (κ1) is 13.9. The van der Waals surface area contributed by atoms with Gasteiger partial charge in [0.25, 0.3) is 0 Å². The molecule has 1 spiro atoms. The van der Waals surface area contributed by atoms with Gasteiger partial charge >= 0.3 is 0 Å². The van der Waals surface area contributed by atoms with E-state index in [2.05, 4.69) is 16.4 Å². The summed E-state index contributed by atoms with van der Waals surface area (Å²) in [6.45, 7) is 5.07. The van der Waals surface area contributed by atoms with E-state index in [0.29, 0.717) is 5.41 Å². The zero-order valence-corrected chi connectivity index (χ0v) is 13.2. The summed E-state index contributed by atoms with van der Waals surface area (Å²) in [6.07, 6.45) is 6.92. The fraction of sp³-hybridized carbons (Fsp3) is 0.625. The number of nitrogens with zero attached hydrogens (tertiary/aromatic N) is 2. The second-order valence-corrected chi connectivity index (χ2v) is 7.15. The first-order valence-corrected chi connectivity index (χ1v) is 8.54. The van der Waals surface area contributed by atoms with Crippen LogP contribution in [0.1, 0.15) is 43.5 Å². The Bertz CT molecular complexity index is 518. The maximum atomic E-state index is 4.81. The number of hydrogen-bond donors (Lipinski definition) is 1. The smallest absolute Gasteiger partial charge is 0.161 e. The highest BCUT2D eigenvalue weighted by Crippen LogP contribution is 2.42. The van der Waals surface area contributed by atoms with Crippen molar-refractivity contribution in [1.82, 2.24) is 4.98 Å². The summed E-state index contributed by atoms with van der Waals surface area (Å²) in [7, 11) is 0. The van der Waals surface area contributed by atoms with Crippen LogP contribution in [0.25, 0.3) is 0 Å². The van der Waals surface area contributed by atoms with Crippen molar-refractivity contribution in [2.45, 2.75) is 46.0 Å². The summed E-state index contributed by atoms with van der Waals surface area (Å²) in [5.41, 5.74) is 3.69. The minimum Gasteiger partial charge on any atom is -0.334 e. The number of anilines is 1. The maximum absolute atomic E-state index is 4.81. The number of pyridine rings is 1. The summed E-state index contributed by atoms with van der Waals surface area (Å²) in [6, 6.07) is 4.15. The Morgan fingerprint density at radius 3 is 2.60 bits per heavy atom. The lowest BCUT2D eigenvalue weighted by atomic mass is 9.75. The molecule has 1 N–H and O–H groups in total. The minimum absolute atomic E-state index is 0.495. The van der Waals surface area contributed by atoms with E-state index in [9.17, 15) is 0 Å². The average molecular weight is 289 g/mol. The molecule has 1 saturated carbocycles. The van der Waals surface area contributed by atoms with Gasteiger partial charge in [-0.1, -0.05) is 31.0 Å². The van der Waals surface area contributed by atoms with Gasteiger partial charge in [-0.05, 0) is 44.2 Å². The highest BCUT2D eigenvalue weighted by molar-refractivity contribution is 8.14. The number of amidine groups is 1. The van der Waals surface area contributed by atoms with Crippen molar-refractivity contribution in [3.05, 3.63) is 23.5 Å². The largest absolute Gasteiger partial charge is 0.334 e. The Morgan fingerprint density at radius 1 is 1.15 bits per heavy atom. The van der Waals surface area contributed by atoms with Gasteiger partial charge in [0.05, 0.1) is 11.4 Å². The van der Waals surface area contributed by atoms with Crippen LogP contribution in [0.5, 0.6) is 0 Å². The fourth-order valence-corrected chi connectivity index (χ4v) is 4.33. The van der Waals surface area contributed by atoms with E-state index in [0.717, 1.165) is 28.8 Å². The highest BCUT2D eigenvalue weighted by Gasteiger charge is 2.34. The molecule has 1 aromatic rings. The molecule has 4 heteroatoms. The number of aromatic nitrogens is 1. The van der Waals surface area contributed by atoms with Crippen LogP contribution in [0.2, 0.25) is 0 Å². The second-order valence-electron chi connectivity index (χ2n) is 6.18. The van der Waals surface area contributed by atoms with E-state index in [1.165, 1.54) is 37.9 Å². The predicted octanol–water partition coefficient (Wildman–Crippen LogP) is 4.16. The molecule has 108 valence electrons. The molecule has 3 nitrogen and oxygen atoms in total. The Kier molecular flexibility index (Phi) is 4.01. The van der Waals surface area contributed by atoms with E-state index < -0.39 is 0 Å². The van der Waals surface area contributed by atoms with Crippen LogP contribution >= 0.6 is 11.8 Å². The van der Waals surface area contributed by atoms with Crippen molar-refractivity contribution in [1.29, 1.82) is 0 Å². The molecule has 1 aliphatic heterocycles. The molecule has 3 rings (SSSR count). The van der Waals surface area contributed by atoms with Crippen molar-refractivity contribution in [2.75, 3.05) is 17.6 Å². The molecule has 0 amide bonds. The normalized spacial score (nSPS) is 21.6. The standard InChI is InChI=1S/C16H23N3S/c1-12-6-7-14(13(2)18-12)19-15-17-10-16(11-20-15)8-4-3-5-9-16/h6-7H,3-5,8-11H2,1-2H3,(H,17,19). The molecule has 1 fully saturated rings. The minimum atomic E-state index is 0.495. The van der Waals surface area contributed by atoms with Crippen LogP contribution in [0.4, 0.5) is 5.69 Å². The van der Waals surface area contributed by atoms with Gasteiger partial charge in [-0.15, -0.1) is 0 Å². The van der Waals surface area contributed by atoms with Crippen molar-refractivity contribution in [2.24, 2.45) is 10.4 Å². The number of aliphatic imine (C=N–C) groups is 1. The van der Waals surface area contributed by atoms with Gasteiger partial charge in [-0.2, -0.15) is 0 Å². The first-order valence-electron chi connectivity index (χ1n) is 7.55. The Balaban J connectivity index is 1.67. The number of thioether (sulfide) groups is 1. The van der Waals surface area contributed by atoms with Crippen molar-refractivity contribution >= 4 is 22.6 Å². The predicted molar refractivity (Wildman–Crippen MR) is 87.6 cm³/mol. The van der Waals surface area contributed by atoms with Crippen LogP contribution in [0, 0.1) is 19.3 Å². The third-order valence-corrected chi connectivity index (χ3v) is 5.72. The molecular weight excluding hydrogens is 266 g/mol. The lowest BCUT2D eigenvalue weighted by Crippen LogP contribution is -2.35. The molecule has 0 aromatic carbocycles. The first-order chi connectivity index (χ1) is 9.67. The monoisotopic (exact) mass is 289 g/mol. The Hall–Kier alpha value is -1.03. The summed E-state index contributed by atoms with van der Waals surface area (Å²) >= 11 is 1.89. The van der Waals surface area contributed by atoms with Gasteiger partial charge in [0.1, 0.15) is 0 Å². The summed E-state index contributed by atoms with van der Waals surface area (Å²) in [4.78, 5) is 9.30. The van der Waals surface area contributed by atoms with Crippen molar-refractivity contribution in [3.8, 4) is 0 Å². The molecule has 1 aliphatic carbocycles. The molecule has 20 heavy (non-hydrogen) atoms. The second kappa shape index (κ2) is 5.76. The van der Waals surface area contributed by atoms with E-state index in [-0.39, 0.29) is 0 Å². The van der Waals surface area contributed by atoms with Gasteiger partial charge in [0, 0.05) is 18.0 Å². The van der Waals surface area contributed by atoms with Gasteiger partial charge in [-0.25, -0.2) is 0 Å². The Labute approximate surface area is 125 Å². The van der Waals surface area contributed by atoms with Crippen LogP contribution in [0.15, 0.2) is 17.1 Å². The van der Waals surface area contributed by atoms with Gasteiger partial charge in [0.2, 0.25) is 0 Å². The molecule has 0 bridgehead atoms. The van der Waals surface area contributed by atoms with Crippen LogP contribution < -0.4 is 5.32 Å². The third kappa shape index (κ3) is 3.00. The van der Waals surface area contributed by atoms with Crippen LogP contribution in [0.3, 0.4) is 0 Å². The van der Waals surface area contributed by atoms with Crippen molar-refractivity contribution < 1.29 is 0 Å². The average Bonchev–Trinajstić information content (AvgIpc) is 2.45. The van der Waals surface area contributed by atoms with E-state index in [1.54, 1.807) is 0 Å². The molecule has 2 aliphatic rings. The fourth-order valence-electron chi connectivity index (χ4n) is 3.17. The lowest BCUT2D eigenvalue weighted by Gasteiger charge is -2.38. The lowest BCUT2D eigenvalue weighted by molar-refractivity contribution is 0.232.